The molecule has 1 N–H and O–H groups in total. The van der Waals surface area contributed by atoms with Gasteiger partial charge in [0.25, 0.3) is 5.91 Å². The first kappa shape index (κ1) is 15.0. The van der Waals surface area contributed by atoms with Gasteiger partial charge in [0.1, 0.15) is 0 Å². The number of aromatic nitrogens is 2. The van der Waals surface area contributed by atoms with E-state index in [0.29, 0.717) is 5.56 Å². The third-order valence-electron chi connectivity index (χ3n) is 3.76. The molecule has 2 aromatic carbocycles. The van der Waals surface area contributed by atoms with Crippen LogP contribution in [-0.4, -0.2) is 15.5 Å². The quantitative estimate of drug-likeness (QED) is 0.780. The number of aryl methyl sites for hydroxylation is 1. The molecular weight excluding hydrogens is 286 g/mol. The fourth-order valence-electron chi connectivity index (χ4n) is 2.38. The van der Waals surface area contributed by atoms with Crippen LogP contribution in [0.25, 0.3) is 0 Å². The zero-order valence-corrected chi connectivity index (χ0v) is 13.1. The van der Waals surface area contributed by atoms with Crippen molar-refractivity contribution in [1.82, 2.24) is 9.55 Å². The van der Waals surface area contributed by atoms with E-state index in [-0.39, 0.29) is 5.91 Å². The van der Waals surface area contributed by atoms with E-state index in [4.69, 9.17) is 0 Å². The van der Waals surface area contributed by atoms with Gasteiger partial charge in [0.15, 0.2) is 0 Å². The van der Waals surface area contributed by atoms with Crippen LogP contribution in [-0.2, 0) is 13.0 Å². The average Bonchev–Trinajstić information content (AvgIpc) is 3.09. The highest BCUT2D eigenvalue weighted by atomic mass is 16.1. The lowest BCUT2D eigenvalue weighted by atomic mass is 10.1. The van der Waals surface area contributed by atoms with Gasteiger partial charge in [-0.15, -0.1) is 0 Å². The van der Waals surface area contributed by atoms with Crippen LogP contribution in [0, 0.1) is 0 Å². The molecule has 0 fully saturated rings. The first-order valence-electron chi connectivity index (χ1n) is 7.69. The number of imidazole rings is 1. The third-order valence-corrected chi connectivity index (χ3v) is 3.76. The van der Waals surface area contributed by atoms with E-state index in [1.165, 1.54) is 5.56 Å². The summed E-state index contributed by atoms with van der Waals surface area (Å²) >= 11 is 0. The summed E-state index contributed by atoms with van der Waals surface area (Å²) in [6.45, 7) is 2.86. The highest BCUT2D eigenvalue weighted by Gasteiger charge is 2.06. The molecule has 0 saturated heterocycles. The normalized spacial score (nSPS) is 10.5. The van der Waals surface area contributed by atoms with Crippen molar-refractivity contribution in [1.29, 1.82) is 0 Å². The van der Waals surface area contributed by atoms with Gasteiger partial charge in [0.2, 0.25) is 0 Å². The number of anilines is 1. The molecule has 0 aliphatic carbocycles. The summed E-state index contributed by atoms with van der Waals surface area (Å²) in [5.74, 6) is -0.0940. The molecule has 3 aromatic rings. The van der Waals surface area contributed by atoms with Crippen molar-refractivity contribution in [3.8, 4) is 0 Å². The van der Waals surface area contributed by atoms with E-state index in [1.807, 2.05) is 59.3 Å². The summed E-state index contributed by atoms with van der Waals surface area (Å²) in [7, 11) is 0. The van der Waals surface area contributed by atoms with Crippen LogP contribution in [0.1, 0.15) is 28.4 Å². The van der Waals surface area contributed by atoms with Crippen molar-refractivity contribution < 1.29 is 4.79 Å². The maximum Gasteiger partial charge on any atom is 0.255 e. The second kappa shape index (κ2) is 6.92. The summed E-state index contributed by atoms with van der Waals surface area (Å²) in [6, 6.07) is 15.6. The molecule has 0 aliphatic rings. The number of hydrogen-bond acceptors (Lipinski definition) is 2. The Morgan fingerprint density at radius 1 is 1.04 bits per heavy atom. The van der Waals surface area contributed by atoms with Crippen molar-refractivity contribution in [2.75, 3.05) is 5.32 Å². The standard InChI is InChI=1S/C19H19N3O/c1-2-15-5-9-18(10-6-15)21-19(23)17-7-3-16(4-8-17)13-22-12-11-20-14-22/h3-12,14H,2,13H2,1H3,(H,21,23). The Morgan fingerprint density at radius 3 is 2.35 bits per heavy atom. The number of carbonyl (C=O) groups is 1. The maximum atomic E-state index is 12.3. The maximum absolute atomic E-state index is 12.3. The van der Waals surface area contributed by atoms with E-state index < -0.39 is 0 Å². The number of hydrogen-bond donors (Lipinski definition) is 1. The van der Waals surface area contributed by atoms with E-state index in [9.17, 15) is 4.79 Å². The lowest BCUT2D eigenvalue weighted by Gasteiger charge is -2.07. The lowest BCUT2D eigenvalue weighted by molar-refractivity contribution is 0.102. The average molecular weight is 305 g/mol. The second-order valence-corrected chi connectivity index (χ2v) is 5.44. The summed E-state index contributed by atoms with van der Waals surface area (Å²) in [5, 5.41) is 2.92. The Morgan fingerprint density at radius 2 is 1.74 bits per heavy atom. The fraction of sp³-hybridized carbons (Fsp3) is 0.158. The molecule has 0 radical (unpaired) electrons. The van der Waals surface area contributed by atoms with E-state index in [0.717, 1.165) is 24.2 Å². The molecule has 4 nitrogen and oxygen atoms in total. The summed E-state index contributed by atoms with van der Waals surface area (Å²) < 4.78 is 1.99. The Kier molecular flexibility index (Phi) is 4.52. The van der Waals surface area contributed by atoms with Crippen LogP contribution in [0.3, 0.4) is 0 Å². The molecular formula is C19H19N3O. The number of benzene rings is 2. The molecule has 1 heterocycles. The van der Waals surface area contributed by atoms with Gasteiger partial charge in [-0.1, -0.05) is 31.2 Å². The lowest BCUT2D eigenvalue weighted by Crippen LogP contribution is -2.12. The van der Waals surface area contributed by atoms with E-state index >= 15 is 0 Å². The van der Waals surface area contributed by atoms with Gasteiger partial charge in [0, 0.05) is 30.2 Å². The molecule has 4 heteroatoms. The van der Waals surface area contributed by atoms with Crippen LogP contribution in [0.15, 0.2) is 67.3 Å². The van der Waals surface area contributed by atoms with Gasteiger partial charge in [-0.25, -0.2) is 4.98 Å². The third kappa shape index (κ3) is 3.86. The molecule has 0 saturated carbocycles. The predicted octanol–water partition coefficient (Wildman–Crippen LogP) is 3.75. The minimum absolute atomic E-state index is 0.0940. The van der Waals surface area contributed by atoms with Gasteiger partial charge in [-0.05, 0) is 41.8 Å². The smallest absolute Gasteiger partial charge is 0.255 e. The number of rotatable bonds is 5. The highest BCUT2D eigenvalue weighted by Crippen LogP contribution is 2.13. The van der Waals surface area contributed by atoms with Gasteiger partial charge < -0.3 is 9.88 Å². The SMILES string of the molecule is CCc1ccc(NC(=O)c2ccc(Cn3ccnc3)cc2)cc1. The minimum Gasteiger partial charge on any atom is -0.333 e. The predicted molar refractivity (Wildman–Crippen MR) is 91.5 cm³/mol. The van der Waals surface area contributed by atoms with Crippen molar-refractivity contribution >= 4 is 11.6 Å². The zero-order valence-electron chi connectivity index (χ0n) is 13.1. The first-order valence-corrected chi connectivity index (χ1v) is 7.69. The molecule has 3 rings (SSSR count). The molecule has 0 atom stereocenters. The van der Waals surface area contributed by atoms with Gasteiger partial charge >= 0.3 is 0 Å². The number of carbonyl (C=O) groups excluding carboxylic acids is 1. The molecule has 1 aromatic heterocycles. The van der Waals surface area contributed by atoms with Crippen molar-refractivity contribution in [3.05, 3.63) is 83.9 Å². The Bertz CT molecular complexity index is 759. The fourth-order valence-corrected chi connectivity index (χ4v) is 2.38. The summed E-state index contributed by atoms with van der Waals surface area (Å²) in [4.78, 5) is 16.3. The molecule has 1 amide bonds. The van der Waals surface area contributed by atoms with E-state index in [1.54, 1.807) is 12.5 Å². The summed E-state index contributed by atoms with van der Waals surface area (Å²) in [6.07, 6.45) is 6.44. The minimum atomic E-state index is -0.0940. The number of nitrogens with zero attached hydrogens (tertiary/aromatic N) is 2. The monoisotopic (exact) mass is 305 g/mol. The van der Waals surface area contributed by atoms with Crippen LogP contribution in [0.2, 0.25) is 0 Å². The molecule has 23 heavy (non-hydrogen) atoms. The Labute approximate surface area is 135 Å². The highest BCUT2D eigenvalue weighted by molar-refractivity contribution is 6.04. The Hall–Kier alpha value is -2.88. The second-order valence-electron chi connectivity index (χ2n) is 5.44. The van der Waals surface area contributed by atoms with Crippen LogP contribution in [0.4, 0.5) is 5.69 Å². The van der Waals surface area contributed by atoms with Crippen LogP contribution >= 0.6 is 0 Å². The largest absolute Gasteiger partial charge is 0.333 e. The molecule has 0 unspecified atom stereocenters. The Balaban J connectivity index is 1.64. The molecule has 0 bridgehead atoms. The van der Waals surface area contributed by atoms with Gasteiger partial charge in [-0.2, -0.15) is 0 Å². The van der Waals surface area contributed by atoms with Gasteiger partial charge in [0.05, 0.1) is 6.33 Å². The molecule has 0 spiro atoms. The van der Waals surface area contributed by atoms with E-state index in [2.05, 4.69) is 17.2 Å². The van der Waals surface area contributed by atoms with Crippen molar-refractivity contribution in [2.24, 2.45) is 0 Å². The number of amides is 1. The topological polar surface area (TPSA) is 46.9 Å². The van der Waals surface area contributed by atoms with Crippen molar-refractivity contribution in [2.45, 2.75) is 19.9 Å². The first-order chi connectivity index (χ1) is 11.2. The molecule has 0 aliphatic heterocycles. The number of nitrogens with one attached hydrogen (secondary N) is 1. The van der Waals surface area contributed by atoms with Crippen molar-refractivity contribution in [3.63, 3.8) is 0 Å². The zero-order chi connectivity index (χ0) is 16.1. The van der Waals surface area contributed by atoms with Crippen LogP contribution in [0.5, 0.6) is 0 Å². The summed E-state index contributed by atoms with van der Waals surface area (Å²) in [5.41, 5.74) is 3.85. The van der Waals surface area contributed by atoms with Gasteiger partial charge in [-0.3, -0.25) is 4.79 Å². The van der Waals surface area contributed by atoms with Crippen LogP contribution < -0.4 is 5.32 Å². The molecule has 116 valence electrons.